The van der Waals surface area contributed by atoms with Gasteiger partial charge in [-0.3, -0.25) is 4.79 Å². The van der Waals surface area contributed by atoms with Crippen LogP contribution >= 0.6 is 0 Å². The summed E-state index contributed by atoms with van der Waals surface area (Å²) in [6.45, 7) is 8.26. The van der Waals surface area contributed by atoms with Gasteiger partial charge in [0.05, 0.1) is 0 Å². The van der Waals surface area contributed by atoms with Gasteiger partial charge in [0, 0.05) is 5.92 Å². The molecule has 0 aliphatic heterocycles. The van der Waals surface area contributed by atoms with E-state index in [9.17, 15) is 4.79 Å². The van der Waals surface area contributed by atoms with Crippen molar-refractivity contribution in [3.63, 3.8) is 0 Å². The molecule has 2 unspecified atom stereocenters. The topological polar surface area (TPSA) is 17.1 Å². The number of carbonyl (C=O) groups excluding carboxylic acids is 1. The molecule has 0 N–H and O–H groups in total. The largest absolute Gasteiger partial charge is 0.294 e. The molecule has 1 radical (unpaired) electrons. The van der Waals surface area contributed by atoms with Crippen molar-refractivity contribution in [2.24, 2.45) is 11.8 Å². The Morgan fingerprint density at radius 3 is 2.68 bits per heavy atom. The van der Waals surface area contributed by atoms with Crippen molar-refractivity contribution < 1.29 is 4.79 Å². The summed E-state index contributed by atoms with van der Waals surface area (Å²) in [6.07, 6.45) is 15.1. The minimum atomic E-state index is 0.137. The van der Waals surface area contributed by atoms with Crippen LogP contribution in [0.4, 0.5) is 0 Å². The van der Waals surface area contributed by atoms with Gasteiger partial charge in [-0.2, -0.15) is 0 Å². The van der Waals surface area contributed by atoms with Gasteiger partial charge in [0.25, 0.3) is 0 Å². The number of hydrogen-bond acceptors (Lipinski definition) is 1. The van der Waals surface area contributed by atoms with Crippen molar-refractivity contribution in [2.75, 3.05) is 0 Å². The number of rotatable bonds is 9. The molecule has 0 spiro atoms. The first-order valence-electron chi connectivity index (χ1n) is 7.95. The molecular formula is C18H29O. The lowest BCUT2D eigenvalue weighted by Gasteiger charge is -2.25. The molecule has 0 heterocycles. The van der Waals surface area contributed by atoms with Gasteiger partial charge in [-0.05, 0) is 30.8 Å². The Balaban J connectivity index is 2.54. The van der Waals surface area contributed by atoms with E-state index >= 15 is 0 Å². The predicted octanol–water partition coefficient (Wildman–Crippen LogP) is 5.28. The van der Waals surface area contributed by atoms with E-state index in [1.54, 1.807) is 0 Å². The summed E-state index contributed by atoms with van der Waals surface area (Å²) in [5.74, 6) is 1.05. The summed E-state index contributed by atoms with van der Waals surface area (Å²) >= 11 is 0. The van der Waals surface area contributed by atoms with E-state index in [1.807, 2.05) is 6.08 Å². The Bertz CT molecular complexity index is 325. The summed E-state index contributed by atoms with van der Waals surface area (Å²) in [4.78, 5) is 12.5. The van der Waals surface area contributed by atoms with Gasteiger partial charge in [0.15, 0.2) is 5.78 Å². The molecule has 0 aromatic carbocycles. The average molecular weight is 261 g/mol. The number of carbonyl (C=O) groups is 1. The zero-order chi connectivity index (χ0) is 14.1. The SMILES string of the molecule is [CH2]CCCCCC1=CC=CC(C(CC)CCC)C1=O. The Hall–Kier alpha value is -0.850. The summed E-state index contributed by atoms with van der Waals surface area (Å²) in [6, 6.07) is 0. The van der Waals surface area contributed by atoms with E-state index in [0.29, 0.717) is 11.7 Å². The molecule has 0 aromatic rings. The molecule has 1 heteroatoms. The minimum Gasteiger partial charge on any atom is -0.294 e. The Labute approximate surface area is 119 Å². The van der Waals surface area contributed by atoms with Crippen LogP contribution in [0.15, 0.2) is 23.8 Å². The van der Waals surface area contributed by atoms with Crippen molar-refractivity contribution in [3.05, 3.63) is 30.7 Å². The van der Waals surface area contributed by atoms with Crippen molar-refractivity contribution >= 4 is 5.78 Å². The lowest BCUT2D eigenvalue weighted by Crippen LogP contribution is -2.25. The third-order valence-corrected chi connectivity index (χ3v) is 4.12. The average Bonchev–Trinajstić information content (AvgIpc) is 2.43. The van der Waals surface area contributed by atoms with Gasteiger partial charge in [0.1, 0.15) is 0 Å². The highest BCUT2D eigenvalue weighted by molar-refractivity contribution is 5.99. The molecule has 0 saturated heterocycles. The minimum absolute atomic E-state index is 0.137. The fraction of sp³-hybridized carbons (Fsp3) is 0.667. The second-order valence-corrected chi connectivity index (χ2v) is 5.59. The van der Waals surface area contributed by atoms with Gasteiger partial charge < -0.3 is 0 Å². The highest BCUT2D eigenvalue weighted by atomic mass is 16.1. The smallest absolute Gasteiger partial charge is 0.165 e. The highest BCUT2D eigenvalue weighted by Crippen LogP contribution is 2.30. The number of Topliss-reactive ketones (excluding diaryl/α,β-unsaturated/α-hetero) is 1. The molecule has 1 nitrogen and oxygen atoms in total. The maximum absolute atomic E-state index is 12.5. The third-order valence-electron chi connectivity index (χ3n) is 4.12. The molecule has 1 aliphatic carbocycles. The van der Waals surface area contributed by atoms with Crippen molar-refractivity contribution in [3.8, 4) is 0 Å². The van der Waals surface area contributed by atoms with Crippen molar-refractivity contribution in [2.45, 2.75) is 65.2 Å². The van der Waals surface area contributed by atoms with Crippen LogP contribution in [-0.4, -0.2) is 5.78 Å². The van der Waals surface area contributed by atoms with E-state index in [0.717, 1.165) is 37.7 Å². The van der Waals surface area contributed by atoms with E-state index in [-0.39, 0.29) is 5.92 Å². The molecule has 0 aromatic heterocycles. The molecule has 1 aliphatic rings. The quantitative estimate of drug-likeness (QED) is 0.516. The second-order valence-electron chi connectivity index (χ2n) is 5.59. The monoisotopic (exact) mass is 261 g/mol. The Morgan fingerprint density at radius 1 is 1.26 bits per heavy atom. The van der Waals surface area contributed by atoms with Gasteiger partial charge in [-0.1, -0.05) is 71.1 Å². The molecule has 19 heavy (non-hydrogen) atoms. The first-order valence-corrected chi connectivity index (χ1v) is 7.95. The standard InChI is InChI=1S/C18H29O/c1-4-7-8-9-12-16-13-10-14-17(18(16)19)15(6-3)11-5-2/h10,13-15,17H,1,4-9,11-12H2,2-3H3. The van der Waals surface area contributed by atoms with E-state index in [2.05, 4.69) is 32.9 Å². The van der Waals surface area contributed by atoms with Gasteiger partial charge >= 0.3 is 0 Å². The number of allylic oxidation sites excluding steroid dienone is 4. The normalized spacial score (nSPS) is 20.5. The Kier molecular flexibility index (Phi) is 7.78. The van der Waals surface area contributed by atoms with Crippen LogP contribution in [0.3, 0.4) is 0 Å². The van der Waals surface area contributed by atoms with E-state index in [4.69, 9.17) is 0 Å². The van der Waals surface area contributed by atoms with Crippen LogP contribution < -0.4 is 0 Å². The van der Waals surface area contributed by atoms with Gasteiger partial charge in [-0.25, -0.2) is 0 Å². The van der Waals surface area contributed by atoms with Crippen LogP contribution in [0, 0.1) is 18.8 Å². The lowest BCUT2D eigenvalue weighted by atomic mass is 9.78. The number of ketones is 1. The summed E-state index contributed by atoms with van der Waals surface area (Å²) in [5.41, 5.74) is 1.05. The molecule has 1 rings (SSSR count). The van der Waals surface area contributed by atoms with Crippen LogP contribution in [-0.2, 0) is 4.79 Å². The van der Waals surface area contributed by atoms with Gasteiger partial charge in [0.2, 0.25) is 0 Å². The summed E-state index contributed by atoms with van der Waals surface area (Å²) < 4.78 is 0. The number of unbranched alkanes of at least 4 members (excludes halogenated alkanes) is 3. The van der Waals surface area contributed by atoms with Crippen LogP contribution in [0.25, 0.3) is 0 Å². The zero-order valence-electron chi connectivity index (χ0n) is 12.7. The highest BCUT2D eigenvalue weighted by Gasteiger charge is 2.27. The molecule has 2 atom stereocenters. The molecule has 107 valence electrons. The van der Waals surface area contributed by atoms with Gasteiger partial charge in [-0.15, -0.1) is 0 Å². The second kappa shape index (κ2) is 9.12. The lowest BCUT2D eigenvalue weighted by molar-refractivity contribution is -0.119. The van der Waals surface area contributed by atoms with Crippen LogP contribution in [0.2, 0.25) is 0 Å². The maximum atomic E-state index is 12.5. The maximum Gasteiger partial charge on any atom is 0.165 e. The van der Waals surface area contributed by atoms with Crippen molar-refractivity contribution in [1.82, 2.24) is 0 Å². The molecular weight excluding hydrogens is 232 g/mol. The zero-order valence-corrected chi connectivity index (χ0v) is 12.7. The molecule has 0 saturated carbocycles. The fourth-order valence-electron chi connectivity index (χ4n) is 2.93. The Morgan fingerprint density at radius 2 is 2.05 bits per heavy atom. The van der Waals surface area contributed by atoms with Crippen LogP contribution in [0.1, 0.15) is 65.2 Å². The molecule has 0 fully saturated rings. The van der Waals surface area contributed by atoms with E-state index < -0.39 is 0 Å². The first kappa shape index (κ1) is 16.2. The van der Waals surface area contributed by atoms with Crippen molar-refractivity contribution in [1.29, 1.82) is 0 Å². The predicted molar refractivity (Wildman–Crippen MR) is 82.9 cm³/mol. The van der Waals surface area contributed by atoms with Crippen LogP contribution in [0.5, 0.6) is 0 Å². The van der Waals surface area contributed by atoms with E-state index in [1.165, 1.54) is 19.3 Å². The third kappa shape index (κ3) is 4.97. The fourth-order valence-corrected chi connectivity index (χ4v) is 2.93. The summed E-state index contributed by atoms with van der Waals surface area (Å²) in [7, 11) is 0. The molecule has 0 amide bonds. The summed E-state index contributed by atoms with van der Waals surface area (Å²) in [5, 5.41) is 0. The first-order chi connectivity index (χ1) is 9.24. The molecule has 0 bridgehead atoms. The number of hydrogen-bond donors (Lipinski definition) is 0.